The van der Waals surface area contributed by atoms with Gasteiger partial charge < -0.3 is 20.5 Å². The fourth-order valence-electron chi connectivity index (χ4n) is 1.57. The van der Waals surface area contributed by atoms with E-state index in [0.29, 0.717) is 35.1 Å². The molecule has 98 valence electrons. The predicted octanol–water partition coefficient (Wildman–Crippen LogP) is 1.79. The van der Waals surface area contributed by atoms with Crippen LogP contribution in [0.25, 0.3) is 0 Å². The zero-order valence-electron chi connectivity index (χ0n) is 10.2. The number of hydrogen-bond acceptors (Lipinski definition) is 4. The first-order chi connectivity index (χ1) is 8.50. The molecule has 1 fully saturated rings. The fourth-order valence-corrected chi connectivity index (χ4v) is 1.80. The third kappa shape index (κ3) is 2.37. The number of halogens is 1. The Hall–Kier alpha value is -1.46. The Bertz CT molecular complexity index is 486. The van der Waals surface area contributed by atoms with Crippen LogP contribution in [0.15, 0.2) is 12.1 Å². The molecule has 2 rings (SSSR count). The molecule has 0 spiro atoms. The average Bonchev–Trinajstić information content (AvgIpc) is 3.10. The van der Waals surface area contributed by atoms with Crippen molar-refractivity contribution >= 4 is 23.2 Å². The quantitative estimate of drug-likeness (QED) is 0.875. The lowest BCUT2D eigenvalue weighted by Gasteiger charge is -2.15. The Morgan fingerprint density at radius 2 is 1.94 bits per heavy atom. The summed E-state index contributed by atoms with van der Waals surface area (Å²) in [7, 11) is 3.01. The average molecular weight is 271 g/mol. The van der Waals surface area contributed by atoms with E-state index in [4.69, 9.17) is 26.8 Å². The first-order valence-electron chi connectivity index (χ1n) is 5.52. The molecular weight excluding hydrogens is 256 g/mol. The normalized spacial score (nSPS) is 16.0. The molecule has 1 amide bonds. The minimum absolute atomic E-state index is 0.217. The summed E-state index contributed by atoms with van der Waals surface area (Å²) < 4.78 is 10.3. The molecule has 6 heteroatoms. The van der Waals surface area contributed by atoms with Gasteiger partial charge in [0.15, 0.2) is 0 Å². The monoisotopic (exact) mass is 270 g/mol. The van der Waals surface area contributed by atoms with Crippen LogP contribution in [-0.2, 0) is 4.79 Å². The Balaban J connectivity index is 2.28. The minimum atomic E-state index is -0.738. The van der Waals surface area contributed by atoms with Gasteiger partial charge in [0.2, 0.25) is 5.91 Å². The summed E-state index contributed by atoms with van der Waals surface area (Å²) in [6, 6.07) is 3.21. The number of carbonyl (C=O) groups excluding carboxylic acids is 1. The molecule has 0 aromatic heterocycles. The highest BCUT2D eigenvalue weighted by Crippen LogP contribution is 2.38. The first-order valence-corrected chi connectivity index (χ1v) is 5.90. The lowest BCUT2D eigenvalue weighted by Crippen LogP contribution is -2.37. The van der Waals surface area contributed by atoms with Gasteiger partial charge in [0, 0.05) is 12.1 Å². The molecule has 1 saturated carbocycles. The zero-order valence-corrected chi connectivity index (χ0v) is 11.0. The molecule has 0 radical (unpaired) electrons. The number of carbonyl (C=O) groups is 1. The number of nitrogens with two attached hydrogens (primary N) is 1. The fraction of sp³-hybridized carbons (Fsp3) is 0.417. The van der Waals surface area contributed by atoms with Crippen molar-refractivity contribution in [2.75, 3.05) is 19.5 Å². The maximum atomic E-state index is 11.9. The number of rotatable bonds is 4. The van der Waals surface area contributed by atoms with E-state index < -0.39 is 5.54 Å². The number of anilines is 1. The number of methoxy groups -OCH3 is 2. The number of hydrogen-bond donors (Lipinski definition) is 2. The molecule has 1 aliphatic rings. The van der Waals surface area contributed by atoms with Gasteiger partial charge in [0.1, 0.15) is 11.5 Å². The predicted molar refractivity (Wildman–Crippen MR) is 69.3 cm³/mol. The van der Waals surface area contributed by atoms with Crippen molar-refractivity contribution in [3.63, 3.8) is 0 Å². The van der Waals surface area contributed by atoms with E-state index in [1.54, 1.807) is 12.1 Å². The number of nitrogens with one attached hydrogen (secondary N) is 1. The highest BCUT2D eigenvalue weighted by atomic mass is 35.5. The van der Waals surface area contributed by atoms with Crippen LogP contribution in [0.3, 0.4) is 0 Å². The Labute approximate surface area is 110 Å². The summed E-state index contributed by atoms with van der Waals surface area (Å²) >= 11 is 5.98. The van der Waals surface area contributed by atoms with Crippen molar-refractivity contribution in [1.82, 2.24) is 0 Å². The molecule has 0 aliphatic heterocycles. The molecule has 1 aromatic carbocycles. The summed E-state index contributed by atoms with van der Waals surface area (Å²) in [4.78, 5) is 11.9. The zero-order chi connectivity index (χ0) is 13.3. The summed E-state index contributed by atoms with van der Waals surface area (Å²) in [5.41, 5.74) is 5.58. The van der Waals surface area contributed by atoms with Crippen LogP contribution in [0.5, 0.6) is 11.5 Å². The maximum absolute atomic E-state index is 11.9. The van der Waals surface area contributed by atoms with Crippen LogP contribution >= 0.6 is 11.6 Å². The van der Waals surface area contributed by atoms with Crippen molar-refractivity contribution < 1.29 is 14.3 Å². The molecule has 1 aromatic rings. The first kappa shape index (κ1) is 13.0. The minimum Gasteiger partial charge on any atom is -0.495 e. The number of ether oxygens (including phenoxy) is 2. The Morgan fingerprint density at radius 1 is 1.33 bits per heavy atom. The molecule has 3 N–H and O–H groups in total. The van der Waals surface area contributed by atoms with Gasteiger partial charge in [0.05, 0.1) is 30.5 Å². The highest BCUT2D eigenvalue weighted by Gasteiger charge is 2.46. The van der Waals surface area contributed by atoms with E-state index in [9.17, 15) is 4.79 Å². The third-order valence-electron chi connectivity index (χ3n) is 2.96. The van der Waals surface area contributed by atoms with Crippen LogP contribution in [0.4, 0.5) is 5.69 Å². The van der Waals surface area contributed by atoms with Crippen molar-refractivity contribution in [1.29, 1.82) is 0 Å². The van der Waals surface area contributed by atoms with Gasteiger partial charge in [-0.1, -0.05) is 11.6 Å². The highest BCUT2D eigenvalue weighted by molar-refractivity contribution is 6.32. The van der Waals surface area contributed by atoms with Crippen molar-refractivity contribution in [2.24, 2.45) is 5.73 Å². The lowest BCUT2D eigenvalue weighted by molar-refractivity contribution is -0.118. The third-order valence-corrected chi connectivity index (χ3v) is 3.26. The van der Waals surface area contributed by atoms with E-state index in [1.165, 1.54) is 14.2 Å². The van der Waals surface area contributed by atoms with E-state index in [-0.39, 0.29) is 5.91 Å². The van der Waals surface area contributed by atoms with Crippen LogP contribution in [-0.4, -0.2) is 25.7 Å². The summed E-state index contributed by atoms with van der Waals surface area (Å²) in [6.07, 6.45) is 1.40. The van der Waals surface area contributed by atoms with Gasteiger partial charge in [-0.05, 0) is 12.8 Å². The van der Waals surface area contributed by atoms with Crippen molar-refractivity contribution in [3.05, 3.63) is 17.2 Å². The molecule has 1 aliphatic carbocycles. The Morgan fingerprint density at radius 3 is 2.44 bits per heavy atom. The molecule has 0 bridgehead atoms. The van der Waals surface area contributed by atoms with E-state index >= 15 is 0 Å². The largest absolute Gasteiger partial charge is 0.495 e. The van der Waals surface area contributed by atoms with E-state index in [2.05, 4.69) is 5.32 Å². The molecular formula is C12H15ClN2O3. The van der Waals surface area contributed by atoms with Gasteiger partial charge >= 0.3 is 0 Å². The van der Waals surface area contributed by atoms with Crippen molar-refractivity contribution in [3.8, 4) is 11.5 Å². The molecule has 5 nitrogen and oxygen atoms in total. The molecule has 0 heterocycles. The van der Waals surface area contributed by atoms with Gasteiger partial charge in [0.25, 0.3) is 0 Å². The van der Waals surface area contributed by atoms with E-state index in [1.807, 2.05) is 0 Å². The van der Waals surface area contributed by atoms with Crippen LogP contribution < -0.4 is 20.5 Å². The summed E-state index contributed by atoms with van der Waals surface area (Å²) in [6.45, 7) is 0. The van der Waals surface area contributed by atoms with Gasteiger partial charge in [-0.25, -0.2) is 0 Å². The standard InChI is InChI=1S/C12H15ClN2O3/c1-17-9-6-8(10(18-2)5-7(9)13)15-11(16)12(14)3-4-12/h5-6H,3-4,14H2,1-2H3,(H,15,16). The molecule has 0 unspecified atom stereocenters. The summed E-state index contributed by atoms with van der Waals surface area (Å²) in [5.74, 6) is 0.721. The number of benzene rings is 1. The SMILES string of the molecule is COc1cc(NC(=O)C2(N)CC2)c(OC)cc1Cl. The second-order valence-corrected chi connectivity index (χ2v) is 4.70. The Kier molecular flexibility index (Phi) is 3.36. The molecule has 18 heavy (non-hydrogen) atoms. The van der Waals surface area contributed by atoms with Gasteiger partial charge in [-0.3, -0.25) is 4.79 Å². The number of amides is 1. The van der Waals surface area contributed by atoms with Crippen molar-refractivity contribution in [2.45, 2.75) is 18.4 Å². The van der Waals surface area contributed by atoms with Gasteiger partial charge in [-0.2, -0.15) is 0 Å². The maximum Gasteiger partial charge on any atom is 0.244 e. The summed E-state index contributed by atoms with van der Waals surface area (Å²) in [5, 5.41) is 3.16. The second-order valence-electron chi connectivity index (χ2n) is 4.30. The molecule has 0 atom stereocenters. The second kappa shape index (κ2) is 4.66. The lowest BCUT2D eigenvalue weighted by atomic mass is 10.2. The van der Waals surface area contributed by atoms with Crippen LogP contribution in [0, 0.1) is 0 Å². The topological polar surface area (TPSA) is 73.6 Å². The van der Waals surface area contributed by atoms with E-state index in [0.717, 1.165) is 0 Å². The van der Waals surface area contributed by atoms with Gasteiger partial charge in [-0.15, -0.1) is 0 Å². The van der Waals surface area contributed by atoms with Crippen LogP contribution in [0.2, 0.25) is 5.02 Å². The molecule has 0 saturated heterocycles. The van der Waals surface area contributed by atoms with Crippen LogP contribution in [0.1, 0.15) is 12.8 Å². The smallest absolute Gasteiger partial charge is 0.244 e.